The fourth-order valence-corrected chi connectivity index (χ4v) is 4.10. The van der Waals surface area contributed by atoms with E-state index in [4.69, 9.17) is 9.47 Å². The third-order valence-corrected chi connectivity index (χ3v) is 5.98. The van der Waals surface area contributed by atoms with Crippen LogP contribution in [0.25, 0.3) is 0 Å². The van der Waals surface area contributed by atoms with Gasteiger partial charge in [0, 0.05) is 24.8 Å². The van der Waals surface area contributed by atoms with Crippen LogP contribution in [0.15, 0.2) is 66.3 Å². The molecule has 35 heavy (non-hydrogen) atoms. The van der Waals surface area contributed by atoms with Gasteiger partial charge in [-0.05, 0) is 56.3 Å². The lowest BCUT2D eigenvalue weighted by atomic mass is 10.2. The quantitative estimate of drug-likeness (QED) is 0.293. The molecule has 1 heterocycles. The Kier molecular flexibility index (Phi) is 8.91. The molecule has 184 valence electrons. The largest absolute Gasteiger partial charge is 0.497 e. The van der Waals surface area contributed by atoms with Gasteiger partial charge in [-0.25, -0.2) is 0 Å². The second-order valence-electron chi connectivity index (χ2n) is 7.69. The van der Waals surface area contributed by atoms with Crippen molar-refractivity contribution in [2.75, 3.05) is 17.7 Å². The molecule has 2 N–H and O–H groups in total. The van der Waals surface area contributed by atoms with Crippen molar-refractivity contribution in [1.82, 2.24) is 14.8 Å². The van der Waals surface area contributed by atoms with Gasteiger partial charge in [-0.3, -0.25) is 14.2 Å². The number of methoxy groups -OCH3 is 1. The molecule has 0 spiro atoms. The van der Waals surface area contributed by atoms with E-state index in [9.17, 15) is 9.59 Å². The predicted molar refractivity (Wildman–Crippen MR) is 137 cm³/mol. The summed E-state index contributed by atoms with van der Waals surface area (Å²) in [4.78, 5) is 24.1. The summed E-state index contributed by atoms with van der Waals surface area (Å²) in [5, 5.41) is 14.3. The van der Waals surface area contributed by atoms with E-state index in [0.717, 1.165) is 5.75 Å². The zero-order chi connectivity index (χ0) is 25.4. The first kappa shape index (κ1) is 25.8. The molecule has 0 fully saturated rings. The summed E-state index contributed by atoms with van der Waals surface area (Å²) in [7, 11) is 1.61. The highest BCUT2D eigenvalue weighted by molar-refractivity contribution is 8.00. The number of anilines is 2. The van der Waals surface area contributed by atoms with E-state index in [1.54, 1.807) is 44.4 Å². The van der Waals surface area contributed by atoms with Gasteiger partial charge >= 0.3 is 0 Å². The van der Waals surface area contributed by atoms with E-state index in [0.29, 0.717) is 34.6 Å². The number of hydrogen-bond donors (Lipinski definition) is 2. The predicted octanol–water partition coefficient (Wildman–Crippen LogP) is 4.69. The summed E-state index contributed by atoms with van der Waals surface area (Å²) in [6, 6.07) is 14.3. The molecule has 0 aliphatic heterocycles. The maximum atomic E-state index is 12.8. The number of rotatable bonds is 11. The number of carbonyl (C=O) groups excluding carboxylic acids is 2. The molecule has 2 atom stereocenters. The van der Waals surface area contributed by atoms with Gasteiger partial charge in [0.15, 0.2) is 17.1 Å². The molecule has 0 aliphatic carbocycles. The van der Waals surface area contributed by atoms with Gasteiger partial charge in [-0.1, -0.05) is 23.9 Å². The van der Waals surface area contributed by atoms with Crippen LogP contribution in [-0.2, 0) is 16.1 Å². The summed E-state index contributed by atoms with van der Waals surface area (Å²) < 4.78 is 13.1. The van der Waals surface area contributed by atoms with Crippen molar-refractivity contribution < 1.29 is 19.1 Å². The van der Waals surface area contributed by atoms with E-state index >= 15 is 0 Å². The molecule has 2 amide bonds. The first-order chi connectivity index (χ1) is 16.8. The minimum Gasteiger partial charge on any atom is -0.497 e. The van der Waals surface area contributed by atoms with E-state index in [2.05, 4.69) is 27.4 Å². The Morgan fingerprint density at radius 1 is 1.09 bits per heavy atom. The third-order valence-electron chi connectivity index (χ3n) is 4.89. The summed E-state index contributed by atoms with van der Waals surface area (Å²) in [5.74, 6) is 1.66. The van der Waals surface area contributed by atoms with Crippen LogP contribution in [-0.4, -0.2) is 38.9 Å². The SMILES string of the molecule is C=CCn1c(SC(C)C(=O)Nc2cccc(NC(C)=O)c2)nnc1C(C)Oc1ccc(OC)cc1. The highest BCUT2D eigenvalue weighted by Gasteiger charge is 2.23. The highest BCUT2D eigenvalue weighted by Crippen LogP contribution is 2.28. The summed E-state index contributed by atoms with van der Waals surface area (Å²) in [5.41, 5.74) is 1.19. The molecular formula is C25H29N5O4S. The maximum Gasteiger partial charge on any atom is 0.237 e. The zero-order valence-electron chi connectivity index (χ0n) is 20.1. The van der Waals surface area contributed by atoms with Gasteiger partial charge in [0.2, 0.25) is 11.8 Å². The van der Waals surface area contributed by atoms with Crippen molar-refractivity contribution in [2.24, 2.45) is 0 Å². The molecule has 0 saturated carbocycles. The van der Waals surface area contributed by atoms with E-state index in [1.165, 1.54) is 18.7 Å². The van der Waals surface area contributed by atoms with Crippen molar-refractivity contribution >= 4 is 35.0 Å². The van der Waals surface area contributed by atoms with Crippen LogP contribution in [0.1, 0.15) is 32.7 Å². The van der Waals surface area contributed by atoms with Crippen molar-refractivity contribution in [3.05, 3.63) is 67.0 Å². The average molecular weight is 496 g/mol. The van der Waals surface area contributed by atoms with Gasteiger partial charge in [0.1, 0.15) is 11.5 Å². The van der Waals surface area contributed by atoms with Crippen LogP contribution in [0.3, 0.4) is 0 Å². The Hall–Kier alpha value is -3.79. The zero-order valence-corrected chi connectivity index (χ0v) is 21.0. The molecule has 0 bridgehead atoms. The molecular weight excluding hydrogens is 466 g/mol. The molecule has 10 heteroatoms. The molecule has 3 aromatic rings. The van der Waals surface area contributed by atoms with Crippen molar-refractivity contribution in [3.8, 4) is 11.5 Å². The summed E-state index contributed by atoms with van der Waals surface area (Å²) >= 11 is 1.29. The second kappa shape index (κ2) is 12.1. The van der Waals surface area contributed by atoms with Gasteiger partial charge in [0.25, 0.3) is 0 Å². The molecule has 0 saturated heterocycles. The maximum absolute atomic E-state index is 12.8. The average Bonchev–Trinajstić information content (AvgIpc) is 3.21. The topological polar surface area (TPSA) is 107 Å². The van der Waals surface area contributed by atoms with E-state index in [1.807, 2.05) is 35.8 Å². The molecule has 3 rings (SSSR count). The third kappa shape index (κ3) is 7.10. The Balaban J connectivity index is 1.69. The van der Waals surface area contributed by atoms with Crippen LogP contribution in [0.4, 0.5) is 11.4 Å². The lowest BCUT2D eigenvalue weighted by molar-refractivity contribution is -0.115. The smallest absolute Gasteiger partial charge is 0.237 e. The number of amides is 2. The molecule has 2 unspecified atom stereocenters. The van der Waals surface area contributed by atoms with Crippen molar-refractivity contribution in [1.29, 1.82) is 0 Å². The first-order valence-corrected chi connectivity index (χ1v) is 11.9. The fourth-order valence-electron chi connectivity index (χ4n) is 3.23. The molecule has 0 radical (unpaired) electrons. The number of benzene rings is 2. The summed E-state index contributed by atoms with van der Waals surface area (Å²) in [6.07, 6.45) is 1.36. The van der Waals surface area contributed by atoms with Gasteiger partial charge in [-0.2, -0.15) is 0 Å². The Morgan fingerprint density at radius 3 is 2.37 bits per heavy atom. The number of carbonyl (C=O) groups is 2. The van der Waals surface area contributed by atoms with Crippen molar-refractivity contribution in [3.63, 3.8) is 0 Å². The number of aromatic nitrogens is 3. The number of allylic oxidation sites excluding steroid dienone is 1. The van der Waals surface area contributed by atoms with Crippen LogP contribution >= 0.6 is 11.8 Å². The first-order valence-electron chi connectivity index (χ1n) is 11.0. The van der Waals surface area contributed by atoms with Crippen LogP contribution in [0.5, 0.6) is 11.5 Å². The molecule has 2 aromatic carbocycles. The monoisotopic (exact) mass is 495 g/mol. The van der Waals surface area contributed by atoms with Gasteiger partial charge < -0.3 is 20.1 Å². The summed E-state index contributed by atoms with van der Waals surface area (Å²) in [6.45, 7) is 9.41. The Labute approximate surface area is 208 Å². The molecule has 0 aliphatic rings. The van der Waals surface area contributed by atoms with E-state index < -0.39 is 5.25 Å². The van der Waals surface area contributed by atoms with Gasteiger partial charge in [0.05, 0.1) is 12.4 Å². The van der Waals surface area contributed by atoms with Crippen LogP contribution < -0.4 is 20.1 Å². The standard InChI is InChI=1S/C25H29N5O4S/c1-6-14-30-23(16(2)34-22-12-10-21(33-5)11-13-22)28-29-25(30)35-17(3)24(32)27-20-9-7-8-19(15-20)26-18(4)31/h6-13,15-17H,1,14H2,2-5H3,(H,26,31)(H,27,32). The van der Waals surface area contributed by atoms with Gasteiger partial charge in [-0.15, -0.1) is 16.8 Å². The van der Waals surface area contributed by atoms with Crippen LogP contribution in [0, 0.1) is 0 Å². The highest BCUT2D eigenvalue weighted by atomic mass is 32.2. The Bertz CT molecular complexity index is 1180. The fraction of sp³-hybridized carbons (Fsp3) is 0.280. The number of thioether (sulfide) groups is 1. The molecule has 1 aromatic heterocycles. The normalized spacial score (nSPS) is 12.3. The van der Waals surface area contributed by atoms with Crippen molar-refractivity contribution in [2.45, 2.75) is 43.8 Å². The van der Waals surface area contributed by atoms with E-state index in [-0.39, 0.29) is 17.9 Å². The molecule has 9 nitrogen and oxygen atoms in total. The van der Waals surface area contributed by atoms with Crippen LogP contribution in [0.2, 0.25) is 0 Å². The lowest BCUT2D eigenvalue weighted by Crippen LogP contribution is -2.23. The number of hydrogen-bond acceptors (Lipinski definition) is 7. The Morgan fingerprint density at radius 2 is 1.74 bits per heavy atom. The second-order valence-corrected chi connectivity index (χ2v) is 8.99. The lowest BCUT2D eigenvalue weighted by Gasteiger charge is -2.17. The number of nitrogens with zero attached hydrogens (tertiary/aromatic N) is 3. The number of nitrogens with one attached hydrogen (secondary N) is 2. The minimum absolute atomic E-state index is 0.181. The minimum atomic E-state index is -0.460. The number of ether oxygens (including phenoxy) is 2.